The lowest BCUT2D eigenvalue weighted by atomic mass is 10.2. The van der Waals surface area contributed by atoms with E-state index in [1.54, 1.807) is 0 Å². The van der Waals surface area contributed by atoms with Crippen LogP contribution in [0.2, 0.25) is 0 Å². The van der Waals surface area contributed by atoms with E-state index in [0.717, 1.165) is 6.07 Å². The molecule has 1 rings (SSSR count). The average molecular weight is 320 g/mol. The molecule has 0 saturated carbocycles. The Balaban J connectivity index is 3.08. The van der Waals surface area contributed by atoms with Crippen LogP contribution in [0.3, 0.4) is 0 Å². The summed E-state index contributed by atoms with van der Waals surface area (Å²) in [6.07, 6.45) is 0.259. The molecule has 0 saturated heterocycles. The number of nitro groups is 1. The van der Waals surface area contributed by atoms with Crippen molar-refractivity contribution in [3.8, 4) is 0 Å². The summed E-state index contributed by atoms with van der Waals surface area (Å²) in [5.41, 5.74) is -0.856. The van der Waals surface area contributed by atoms with Crippen molar-refractivity contribution in [2.24, 2.45) is 0 Å². The van der Waals surface area contributed by atoms with Crippen molar-refractivity contribution in [1.29, 1.82) is 0 Å². The Labute approximate surface area is 122 Å². The van der Waals surface area contributed by atoms with E-state index >= 15 is 0 Å². The van der Waals surface area contributed by atoms with Gasteiger partial charge in [-0.25, -0.2) is 13.1 Å². The Bertz CT molecular complexity index is 633. The van der Waals surface area contributed by atoms with Crippen LogP contribution in [0.25, 0.3) is 0 Å². The normalized spacial score (nSPS) is 13.1. The fourth-order valence-corrected chi connectivity index (χ4v) is 3.11. The van der Waals surface area contributed by atoms with Crippen LogP contribution in [0.15, 0.2) is 17.0 Å². The number of aliphatic hydroxyl groups excluding tert-OH is 1. The molecule has 0 aromatic heterocycles. The molecule has 1 atom stereocenters. The first kappa shape index (κ1) is 17.5. The molecule has 118 valence electrons. The molecule has 0 amide bonds. The number of nitrogens with zero attached hydrogens (tertiary/aromatic N) is 1. The van der Waals surface area contributed by atoms with E-state index in [-0.39, 0.29) is 17.0 Å². The molecular weight excluding hydrogens is 303 g/mol. The molecule has 0 radical (unpaired) electrons. The molecule has 0 heterocycles. The summed E-state index contributed by atoms with van der Waals surface area (Å²) in [7, 11) is -4.06. The molecule has 9 heteroatoms. The molecular formula is C12H17FN2O5S. The van der Waals surface area contributed by atoms with Crippen LogP contribution in [-0.2, 0) is 10.0 Å². The summed E-state index contributed by atoms with van der Waals surface area (Å²) in [6.45, 7) is 2.97. The van der Waals surface area contributed by atoms with Crippen molar-refractivity contribution in [3.05, 3.63) is 33.6 Å². The van der Waals surface area contributed by atoms with Gasteiger partial charge in [-0.2, -0.15) is 4.39 Å². The number of nitrogens with one attached hydrogen (secondary N) is 1. The lowest BCUT2D eigenvalue weighted by Gasteiger charge is -2.12. The van der Waals surface area contributed by atoms with E-state index in [1.807, 2.05) is 6.92 Å². The van der Waals surface area contributed by atoms with Gasteiger partial charge < -0.3 is 5.11 Å². The molecule has 1 aromatic carbocycles. The van der Waals surface area contributed by atoms with Gasteiger partial charge in [-0.3, -0.25) is 10.1 Å². The maximum atomic E-state index is 13.4. The van der Waals surface area contributed by atoms with Gasteiger partial charge in [0.15, 0.2) is 0 Å². The molecule has 1 unspecified atom stereocenters. The molecule has 0 bridgehead atoms. The minimum absolute atomic E-state index is 0.0515. The van der Waals surface area contributed by atoms with E-state index < -0.39 is 32.6 Å². The number of sulfonamides is 1. The van der Waals surface area contributed by atoms with Gasteiger partial charge in [0.1, 0.15) is 0 Å². The van der Waals surface area contributed by atoms with E-state index in [2.05, 4.69) is 4.72 Å². The summed E-state index contributed by atoms with van der Waals surface area (Å²) in [6, 6.07) is 1.48. The van der Waals surface area contributed by atoms with E-state index in [9.17, 15) is 28.0 Å². The van der Waals surface area contributed by atoms with Crippen molar-refractivity contribution >= 4 is 15.7 Å². The first-order chi connectivity index (χ1) is 9.69. The number of aliphatic hydroxyl groups is 1. The van der Waals surface area contributed by atoms with Gasteiger partial charge in [0.05, 0.1) is 15.9 Å². The zero-order chi connectivity index (χ0) is 16.2. The molecule has 0 fully saturated rings. The Morgan fingerprint density at radius 1 is 1.48 bits per heavy atom. The number of rotatable bonds is 7. The fraction of sp³-hybridized carbons (Fsp3) is 0.500. The number of hydrogen-bond acceptors (Lipinski definition) is 5. The highest BCUT2D eigenvalue weighted by molar-refractivity contribution is 7.89. The predicted octanol–water partition coefficient (Wildman–Crippen LogP) is 1.48. The Hall–Kier alpha value is -1.58. The van der Waals surface area contributed by atoms with Gasteiger partial charge in [0.2, 0.25) is 15.8 Å². The van der Waals surface area contributed by atoms with Gasteiger partial charge >= 0.3 is 5.69 Å². The van der Waals surface area contributed by atoms with Gasteiger partial charge in [-0.15, -0.1) is 0 Å². The number of aryl methyl sites for hydroxylation is 1. The molecule has 2 N–H and O–H groups in total. The SMILES string of the molecule is CCCC(O)CNS(=O)(=O)c1cc([N+](=O)[O-])c(F)cc1C. The first-order valence-electron chi connectivity index (χ1n) is 6.31. The van der Waals surface area contributed by atoms with Gasteiger partial charge in [-0.1, -0.05) is 13.3 Å². The van der Waals surface area contributed by atoms with Crippen LogP contribution < -0.4 is 4.72 Å². The minimum Gasteiger partial charge on any atom is -0.392 e. The van der Waals surface area contributed by atoms with E-state index in [4.69, 9.17) is 0 Å². The van der Waals surface area contributed by atoms with Crippen LogP contribution in [-0.4, -0.2) is 31.1 Å². The van der Waals surface area contributed by atoms with Crippen molar-refractivity contribution < 1.29 is 22.8 Å². The zero-order valence-electron chi connectivity index (χ0n) is 11.7. The highest BCUT2D eigenvalue weighted by Gasteiger charge is 2.24. The Morgan fingerprint density at radius 3 is 2.62 bits per heavy atom. The van der Waals surface area contributed by atoms with Crippen molar-refractivity contribution in [1.82, 2.24) is 4.72 Å². The molecule has 0 aliphatic carbocycles. The largest absolute Gasteiger partial charge is 0.392 e. The van der Waals surface area contributed by atoms with Crippen LogP contribution in [0.4, 0.5) is 10.1 Å². The lowest BCUT2D eigenvalue weighted by Crippen LogP contribution is -2.32. The summed E-state index contributed by atoms with van der Waals surface area (Å²) < 4.78 is 39.7. The van der Waals surface area contributed by atoms with Crippen LogP contribution in [0.1, 0.15) is 25.3 Å². The second kappa shape index (κ2) is 6.92. The van der Waals surface area contributed by atoms with Crippen LogP contribution in [0, 0.1) is 22.9 Å². The topological polar surface area (TPSA) is 110 Å². The number of nitro benzene ring substituents is 1. The van der Waals surface area contributed by atoms with Gasteiger partial charge in [-0.05, 0) is 25.0 Å². The third-order valence-corrected chi connectivity index (χ3v) is 4.43. The first-order valence-corrected chi connectivity index (χ1v) is 7.79. The lowest BCUT2D eigenvalue weighted by molar-refractivity contribution is -0.387. The third kappa shape index (κ3) is 4.45. The monoisotopic (exact) mass is 320 g/mol. The number of hydrogen-bond donors (Lipinski definition) is 2. The van der Waals surface area contributed by atoms with E-state index in [1.165, 1.54) is 6.92 Å². The molecule has 7 nitrogen and oxygen atoms in total. The predicted molar refractivity (Wildman–Crippen MR) is 73.9 cm³/mol. The number of halogens is 1. The van der Waals surface area contributed by atoms with Crippen molar-refractivity contribution in [2.75, 3.05) is 6.54 Å². The molecule has 21 heavy (non-hydrogen) atoms. The smallest absolute Gasteiger partial charge is 0.306 e. The van der Waals surface area contributed by atoms with Gasteiger partial charge in [0, 0.05) is 12.6 Å². The molecule has 1 aromatic rings. The van der Waals surface area contributed by atoms with E-state index in [0.29, 0.717) is 18.9 Å². The Morgan fingerprint density at radius 2 is 2.10 bits per heavy atom. The molecule has 0 aliphatic rings. The summed E-state index contributed by atoms with van der Waals surface area (Å²) >= 11 is 0. The molecule has 0 spiro atoms. The maximum Gasteiger partial charge on any atom is 0.306 e. The Kier molecular flexibility index (Phi) is 5.76. The number of benzene rings is 1. The second-order valence-electron chi connectivity index (χ2n) is 4.62. The minimum atomic E-state index is -4.06. The van der Waals surface area contributed by atoms with Crippen molar-refractivity contribution in [3.63, 3.8) is 0 Å². The standard InChI is InChI=1S/C12H17FN2O5S/c1-3-4-9(16)7-14-21(19,20)12-6-11(15(17)18)10(13)5-8(12)2/h5-6,9,14,16H,3-4,7H2,1-2H3. The maximum absolute atomic E-state index is 13.4. The van der Waals surface area contributed by atoms with Crippen molar-refractivity contribution in [2.45, 2.75) is 37.7 Å². The third-order valence-electron chi connectivity index (χ3n) is 2.86. The van der Waals surface area contributed by atoms with Gasteiger partial charge in [0.25, 0.3) is 0 Å². The quantitative estimate of drug-likeness (QED) is 0.584. The fourth-order valence-electron chi connectivity index (χ4n) is 1.79. The summed E-state index contributed by atoms with van der Waals surface area (Å²) in [4.78, 5) is 9.31. The highest BCUT2D eigenvalue weighted by atomic mass is 32.2. The molecule has 0 aliphatic heterocycles. The summed E-state index contributed by atoms with van der Waals surface area (Å²) in [5.74, 6) is -1.09. The second-order valence-corrected chi connectivity index (χ2v) is 6.36. The van der Waals surface area contributed by atoms with Crippen LogP contribution >= 0.6 is 0 Å². The highest BCUT2D eigenvalue weighted by Crippen LogP contribution is 2.25. The summed E-state index contributed by atoms with van der Waals surface area (Å²) in [5, 5.41) is 20.2. The zero-order valence-corrected chi connectivity index (χ0v) is 12.5. The van der Waals surface area contributed by atoms with Crippen LogP contribution in [0.5, 0.6) is 0 Å². The average Bonchev–Trinajstić information content (AvgIpc) is 2.36.